The first-order valence-electron chi connectivity index (χ1n) is 4.49. The van der Waals surface area contributed by atoms with E-state index < -0.39 is 24.6 Å². The number of aliphatic carboxylic acids is 1. The normalized spacial score (nSPS) is 13.8. The Morgan fingerprint density at radius 1 is 1.56 bits per heavy atom. The Kier molecular flexibility index (Phi) is 3.94. The topological polar surface area (TPSA) is 114 Å². The second-order valence-electron chi connectivity index (χ2n) is 3.16. The molecule has 0 saturated heterocycles. The molecule has 1 aromatic heterocycles. The van der Waals surface area contributed by atoms with Crippen molar-refractivity contribution in [2.24, 2.45) is 0 Å². The highest BCUT2D eigenvalue weighted by molar-refractivity contribution is 5.67. The van der Waals surface area contributed by atoms with Crippen LogP contribution in [0.3, 0.4) is 0 Å². The Morgan fingerprint density at radius 3 is 2.81 bits per heavy atom. The van der Waals surface area contributed by atoms with Crippen LogP contribution in [0, 0.1) is 11.3 Å². The molecule has 0 aliphatic carbocycles. The summed E-state index contributed by atoms with van der Waals surface area (Å²) in [7, 11) is 0. The summed E-state index contributed by atoms with van der Waals surface area (Å²) in [5, 5.41) is 36.2. The Hall–Kier alpha value is -1.97. The van der Waals surface area contributed by atoms with E-state index in [1.165, 1.54) is 18.3 Å². The zero-order valence-corrected chi connectivity index (χ0v) is 8.24. The average Bonchev–Trinajstić information content (AvgIpc) is 2.27. The van der Waals surface area contributed by atoms with Gasteiger partial charge < -0.3 is 15.3 Å². The van der Waals surface area contributed by atoms with Crippen molar-refractivity contribution in [3.8, 4) is 6.07 Å². The highest BCUT2D eigenvalue weighted by atomic mass is 16.4. The van der Waals surface area contributed by atoms with Crippen molar-refractivity contribution in [3.05, 3.63) is 29.6 Å². The van der Waals surface area contributed by atoms with Crippen molar-refractivity contribution in [2.45, 2.75) is 18.6 Å². The fraction of sp³-hybridized carbons (Fsp3) is 0.300. The monoisotopic (exact) mass is 222 g/mol. The molecule has 0 spiro atoms. The van der Waals surface area contributed by atoms with Gasteiger partial charge in [-0.05, 0) is 6.07 Å². The number of nitrogens with zero attached hydrogens (tertiary/aromatic N) is 2. The van der Waals surface area contributed by atoms with Gasteiger partial charge in [0.1, 0.15) is 17.9 Å². The fourth-order valence-electron chi connectivity index (χ4n) is 1.25. The van der Waals surface area contributed by atoms with Gasteiger partial charge in [0.25, 0.3) is 0 Å². The molecule has 84 valence electrons. The van der Waals surface area contributed by atoms with E-state index in [9.17, 15) is 15.0 Å². The van der Waals surface area contributed by atoms with Gasteiger partial charge in [-0.3, -0.25) is 4.79 Å². The number of aliphatic hydroxyl groups is 2. The minimum atomic E-state index is -1.46. The van der Waals surface area contributed by atoms with E-state index in [0.717, 1.165) is 0 Å². The second kappa shape index (κ2) is 5.21. The third-order valence-corrected chi connectivity index (χ3v) is 2.01. The number of aliphatic hydroxyl groups excluding tert-OH is 2. The number of carbonyl (C=O) groups is 1. The van der Waals surface area contributed by atoms with Crippen molar-refractivity contribution >= 4 is 5.97 Å². The standard InChI is InChI=1S/C10H10N2O4/c11-5-7-6(2-1-3-12-7)10(16)8(13)4-9(14)15/h1-3,8,10,13,16H,4H2,(H,14,15). The molecule has 2 unspecified atom stereocenters. The summed E-state index contributed by atoms with van der Waals surface area (Å²) < 4.78 is 0. The molecule has 0 saturated carbocycles. The van der Waals surface area contributed by atoms with E-state index in [1.54, 1.807) is 6.07 Å². The van der Waals surface area contributed by atoms with Crippen molar-refractivity contribution in [2.75, 3.05) is 0 Å². The first-order valence-corrected chi connectivity index (χ1v) is 4.49. The predicted molar refractivity (Wildman–Crippen MR) is 52.2 cm³/mol. The maximum atomic E-state index is 10.3. The van der Waals surface area contributed by atoms with Crippen LogP contribution in [0.4, 0.5) is 0 Å². The molecule has 1 aromatic rings. The lowest BCUT2D eigenvalue weighted by atomic mass is 10.0. The molecule has 3 N–H and O–H groups in total. The molecule has 0 radical (unpaired) electrons. The SMILES string of the molecule is N#Cc1ncccc1C(O)C(O)CC(=O)O. The molecular weight excluding hydrogens is 212 g/mol. The maximum absolute atomic E-state index is 10.3. The summed E-state index contributed by atoms with van der Waals surface area (Å²) in [6.45, 7) is 0. The maximum Gasteiger partial charge on any atom is 0.306 e. The summed E-state index contributed by atoms with van der Waals surface area (Å²) in [5.74, 6) is -1.23. The van der Waals surface area contributed by atoms with Gasteiger partial charge in [0, 0.05) is 11.8 Å². The highest BCUT2D eigenvalue weighted by Gasteiger charge is 2.23. The average molecular weight is 222 g/mol. The van der Waals surface area contributed by atoms with E-state index in [0.29, 0.717) is 0 Å². The van der Waals surface area contributed by atoms with E-state index in [4.69, 9.17) is 10.4 Å². The minimum Gasteiger partial charge on any atom is -0.481 e. The first kappa shape index (κ1) is 12.1. The molecule has 6 heteroatoms. The number of carboxylic acid groups (broad SMARTS) is 1. The number of hydrogen-bond acceptors (Lipinski definition) is 5. The number of pyridine rings is 1. The molecular formula is C10H10N2O4. The summed E-state index contributed by atoms with van der Waals surface area (Å²) in [5.41, 5.74) is 0.0955. The van der Waals surface area contributed by atoms with Crippen molar-refractivity contribution in [3.63, 3.8) is 0 Å². The van der Waals surface area contributed by atoms with Crippen LogP contribution in [-0.4, -0.2) is 32.4 Å². The zero-order valence-electron chi connectivity index (χ0n) is 8.24. The molecule has 2 atom stereocenters. The lowest BCUT2D eigenvalue weighted by molar-refractivity contribution is -0.141. The number of nitriles is 1. The molecule has 16 heavy (non-hydrogen) atoms. The number of hydrogen-bond donors (Lipinski definition) is 3. The van der Waals surface area contributed by atoms with Crippen molar-refractivity contribution in [1.29, 1.82) is 5.26 Å². The first-order chi connectivity index (χ1) is 7.56. The van der Waals surface area contributed by atoms with E-state index >= 15 is 0 Å². The van der Waals surface area contributed by atoms with Crippen LogP contribution in [-0.2, 0) is 4.79 Å². The molecule has 0 aromatic carbocycles. The second-order valence-corrected chi connectivity index (χ2v) is 3.16. The van der Waals surface area contributed by atoms with Crippen LogP contribution in [0.1, 0.15) is 23.8 Å². The molecule has 0 fully saturated rings. The van der Waals surface area contributed by atoms with Crippen LogP contribution in [0.25, 0.3) is 0 Å². The molecule has 1 heterocycles. The summed E-state index contributed by atoms with van der Waals surface area (Å²) >= 11 is 0. The van der Waals surface area contributed by atoms with Crippen LogP contribution >= 0.6 is 0 Å². The van der Waals surface area contributed by atoms with Gasteiger partial charge in [-0.25, -0.2) is 4.98 Å². The largest absolute Gasteiger partial charge is 0.481 e. The van der Waals surface area contributed by atoms with Gasteiger partial charge in [-0.15, -0.1) is 0 Å². The van der Waals surface area contributed by atoms with Crippen molar-refractivity contribution in [1.82, 2.24) is 4.98 Å². The minimum absolute atomic E-state index is 0.0283. The number of aromatic nitrogens is 1. The molecule has 0 aliphatic rings. The quantitative estimate of drug-likeness (QED) is 0.651. The summed E-state index contributed by atoms with van der Waals surface area (Å²) in [4.78, 5) is 14.0. The molecule has 0 aliphatic heterocycles. The fourth-order valence-corrected chi connectivity index (χ4v) is 1.25. The van der Waals surface area contributed by atoms with Gasteiger partial charge in [-0.2, -0.15) is 5.26 Å². The number of carboxylic acids is 1. The van der Waals surface area contributed by atoms with Gasteiger partial charge in [0.05, 0.1) is 12.5 Å². The van der Waals surface area contributed by atoms with Gasteiger partial charge >= 0.3 is 5.97 Å². The van der Waals surface area contributed by atoms with Crippen molar-refractivity contribution < 1.29 is 20.1 Å². The Labute approximate surface area is 91.4 Å². The predicted octanol–water partition coefficient (Wildman–Crippen LogP) is -0.178. The van der Waals surface area contributed by atoms with E-state index in [-0.39, 0.29) is 11.3 Å². The lowest BCUT2D eigenvalue weighted by Gasteiger charge is -2.16. The van der Waals surface area contributed by atoms with Crippen LogP contribution in [0.5, 0.6) is 0 Å². The Morgan fingerprint density at radius 2 is 2.25 bits per heavy atom. The van der Waals surface area contributed by atoms with Crippen LogP contribution in [0.15, 0.2) is 18.3 Å². The number of rotatable bonds is 4. The molecule has 0 bridgehead atoms. The lowest BCUT2D eigenvalue weighted by Crippen LogP contribution is -2.22. The van der Waals surface area contributed by atoms with E-state index in [1.807, 2.05) is 0 Å². The van der Waals surface area contributed by atoms with Crippen LogP contribution in [0.2, 0.25) is 0 Å². The van der Waals surface area contributed by atoms with Gasteiger partial charge in [-0.1, -0.05) is 6.07 Å². The third kappa shape index (κ3) is 2.76. The molecule has 0 amide bonds. The zero-order chi connectivity index (χ0) is 12.1. The van der Waals surface area contributed by atoms with Gasteiger partial charge in [0.15, 0.2) is 0 Å². The van der Waals surface area contributed by atoms with Gasteiger partial charge in [0.2, 0.25) is 0 Å². The Balaban J connectivity index is 2.92. The molecule has 1 rings (SSSR count). The summed E-state index contributed by atoms with van der Waals surface area (Å²) in [6.07, 6.45) is -2.12. The van der Waals surface area contributed by atoms with E-state index in [2.05, 4.69) is 4.98 Å². The highest BCUT2D eigenvalue weighted by Crippen LogP contribution is 2.20. The molecule has 6 nitrogen and oxygen atoms in total. The summed E-state index contributed by atoms with van der Waals surface area (Å²) in [6, 6.07) is 4.67. The van der Waals surface area contributed by atoms with Crippen LogP contribution < -0.4 is 0 Å². The Bertz CT molecular complexity index is 427. The smallest absolute Gasteiger partial charge is 0.306 e. The third-order valence-electron chi connectivity index (χ3n) is 2.01.